The fourth-order valence-corrected chi connectivity index (χ4v) is 2.17. The van der Waals surface area contributed by atoms with E-state index in [-0.39, 0.29) is 5.69 Å². The van der Waals surface area contributed by atoms with Gasteiger partial charge in [-0.3, -0.25) is 9.48 Å². The number of hydrogen-bond acceptors (Lipinski definition) is 4. The van der Waals surface area contributed by atoms with Gasteiger partial charge in [-0.25, -0.2) is 0 Å². The quantitative estimate of drug-likeness (QED) is 0.702. The van der Waals surface area contributed by atoms with Crippen LogP contribution in [-0.2, 0) is 6.54 Å². The van der Waals surface area contributed by atoms with E-state index in [1.165, 1.54) is 0 Å². The Morgan fingerprint density at radius 1 is 1.30 bits per heavy atom. The van der Waals surface area contributed by atoms with E-state index in [2.05, 4.69) is 15.7 Å². The molecule has 1 aromatic heterocycles. The summed E-state index contributed by atoms with van der Waals surface area (Å²) in [6.07, 6.45) is 1.69. The predicted octanol–water partition coefficient (Wildman–Crippen LogP) is 2.21. The van der Waals surface area contributed by atoms with Gasteiger partial charge in [0.1, 0.15) is 5.75 Å². The van der Waals surface area contributed by atoms with Gasteiger partial charge in [-0.1, -0.05) is 0 Å². The second kappa shape index (κ2) is 7.59. The van der Waals surface area contributed by atoms with E-state index in [0.717, 1.165) is 11.4 Å². The molecule has 0 spiro atoms. The van der Waals surface area contributed by atoms with Gasteiger partial charge < -0.3 is 21.1 Å². The molecule has 0 aliphatic heterocycles. The van der Waals surface area contributed by atoms with Crippen LogP contribution in [-0.4, -0.2) is 27.4 Å². The van der Waals surface area contributed by atoms with Crippen LogP contribution >= 0.6 is 12.2 Å². The van der Waals surface area contributed by atoms with Crippen LogP contribution in [0.15, 0.2) is 30.5 Å². The number of primary amides is 1. The number of benzene rings is 1. The van der Waals surface area contributed by atoms with Crippen LogP contribution in [0.1, 0.15) is 24.3 Å². The molecule has 0 bridgehead atoms. The Hall–Kier alpha value is -2.61. The highest BCUT2D eigenvalue weighted by molar-refractivity contribution is 7.80. The van der Waals surface area contributed by atoms with Crippen molar-refractivity contribution in [2.24, 2.45) is 5.73 Å². The number of ether oxygens (including phenoxy) is 1. The second-order valence-corrected chi connectivity index (χ2v) is 5.06. The van der Waals surface area contributed by atoms with Gasteiger partial charge in [0.15, 0.2) is 10.8 Å². The monoisotopic (exact) mass is 333 g/mol. The van der Waals surface area contributed by atoms with Crippen LogP contribution in [0.4, 0.5) is 11.4 Å². The molecule has 0 radical (unpaired) electrons. The molecule has 2 aromatic rings. The van der Waals surface area contributed by atoms with Crippen LogP contribution in [0.3, 0.4) is 0 Å². The maximum atomic E-state index is 11.4. The number of aryl methyl sites for hydroxylation is 1. The fourth-order valence-electron chi connectivity index (χ4n) is 1.94. The summed E-state index contributed by atoms with van der Waals surface area (Å²) >= 11 is 5.25. The highest BCUT2D eigenvalue weighted by atomic mass is 32.1. The fraction of sp³-hybridized carbons (Fsp3) is 0.267. The molecule has 0 saturated carbocycles. The lowest BCUT2D eigenvalue weighted by atomic mass is 10.3. The van der Waals surface area contributed by atoms with Gasteiger partial charge in [0.2, 0.25) is 0 Å². The Bertz CT molecular complexity index is 696. The van der Waals surface area contributed by atoms with Gasteiger partial charge in [0.05, 0.1) is 12.3 Å². The number of rotatable bonds is 6. The molecule has 4 N–H and O–H groups in total. The average molecular weight is 333 g/mol. The summed E-state index contributed by atoms with van der Waals surface area (Å²) in [5, 5.41) is 10.4. The van der Waals surface area contributed by atoms with E-state index in [9.17, 15) is 4.79 Å². The standard InChI is InChI=1S/C15H19N5O2S/c1-3-20-9-12(13(19-20)14(16)21)18-15(23)17-10-5-7-11(8-6-10)22-4-2/h5-9H,3-4H2,1-2H3,(H2,16,21)(H2,17,18,23). The zero-order valence-corrected chi connectivity index (χ0v) is 13.8. The molecule has 0 fully saturated rings. The number of carbonyl (C=O) groups is 1. The third-order valence-corrected chi connectivity index (χ3v) is 3.19. The van der Waals surface area contributed by atoms with Gasteiger partial charge in [-0.05, 0) is 50.3 Å². The minimum Gasteiger partial charge on any atom is -0.494 e. The largest absolute Gasteiger partial charge is 0.494 e. The van der Waals surface area contributed by atoms with E-state index in [0.29, 0.717) is 24.0 Å². The molecule has 0 aliphatic rings. The molecule has 0 aliphatic carbocycles. The summed E-state index contributed by atoms with van der Waals surface area (Å²) in [6.45, 7) is 5.08. The summed E-state index contributed by atoms with van der Waals surface area (Å²) in [5.74, 6) is 0.181. The molecule has 1 amide bonds. The summed E-state index contributed by atoms with van der Waals surface area (Å²) in [5.41, 5.74) is 6.75. The molecule has 2 rings (SSSR count). The number of amides is 1. The molecular formula is C15H19N5O2S. The number of carbonyl (C=O) groups excluding carboxylic acids is 1. The Balaban J connectivity index is 2.04. The number of nitrogens with one attached hydrogen (secondary N) is 2. The number of nitrogens with two attached hydrogens (primary N) is 1. The van der Waals surface area contributed by atoms with Crippen molar-refractivity contribution in [2.45, 2.75) is 20.4 Å². The first-order valence-electron chi connectivity index (χ1n) is 7.21. The van der Waals surface area contributed by atoms with Crippen LogP contribution in [0.25, 0.3) is 0 Å². The van der Waals surface area contributed by atoms with Crippen molar-refractivity contribution in [1.82, 2.24) is 9.78 Å². The molecule has 1 heterocycles. The van der Waals surface area contributed by atoms with Crippen molar-refractivity contribution in [3.63, 3.8) is 0 Å². The first-order valence-corrected chi connectivity index (χ1v) is 7.62. The van der Waals surface area contributed by atoms with Gasteiger partial charge in [0.25, 0.3) is 5.91 Å². The van der Waals surface area contributed by atoms with Crippen LogP contribution in [0.5, 0.6) is 5.75 Å². The van der Waals surface area contributed by atoms with Crippen molar-refractivity contribution in [1.29, 1.82) is 0 Å². The number of thiocarbonyl (C=S) groups is 1. The third kappa shape index (κ3) is 4.43. The number of nitrogens with zero attached hydrogens (tertiary/aromatic N) is 2. The maximum absolute atomic E-state index is 11.4. The van der Waals surface area contributed by atoms with Crippen LogP contribution in [0.2, 0.25) is 0 Å². The maximum Gasteiger partial charge on any atom is 0.271 e. The Morgan fingerprint density at radius 3 is 2.57 bits per heavy atom. The molecule has 1 aromatic carbocycles. The van der Waals surface area contributed by atoms with E-state index in [1.807, 2.05) is 38.1 Å². The molecule has 7 nitrogen and oxygen atoms in total. The van der Waals surface area contributed by atoms with Crippen molar-refractivity contribution in [2.75, 3.05) is 17.2 Å². The summed E-state index contributed by atoms with van der Waals surface area (Å²) < 4.78 is 6.99. The smallest absolute Gasteiger partial charge is 0.271 e. The van der Waals surface area contributed by atoms with Crippen LogP contribution < -0.4 is 21.1 Å². The minimum atomic E-state index is -0.608. The first-order chi connectivity index (χ1) is 11.0. The Kier molecular flexibility index (Phi) is 5.53. The highest BCUT2D eigenvalue weighted by Gasteiger charge is 2.14. The molecule has 8 heteroatoms. The van der Waals surface area contributed by atoms with E-state index >= 15 is 0 Å². The van der Waals surface area contributed by atoms with Gasteiger partial charge in [0, 0.05) is 18.4 Å². The molecular weight excluding hydrogens is 314 g/mol. The zero-order valence-electron chi connectivity index (χ0n) is 13.0. The molecule has 0 atom stereocenters. The minimum absolute atomic E-state index is 0.155. The van der Waals surface area contributed by atoms with Crippen molar-refractivity contribution in [3.8, 4) is 5.75 Å². The summed E-state index contributed by atoms with van der Waals surface area (Å²) in [4.78, 5) is 11.4. The lowest BCUT2D eigenvalue weighted by Gasteiger charge is -2.10. The molecule has 122 valence electrons. The first kappa shape index (κ1) is 16.8. The number of aromatic nitrogens is 2. The van der Waals surface area contributed by atoms with Crippen LogP contribution in [0, 0.1) is 0 Å². The molecule has 23 heavy (non-hydrogen) atoms. The Labute approximate surface area is 139 Å². The zero-order chi connectivity index (χ0) is 16.8. The van der Waals surface area contributed by atoms with E-state index in [4.69, 9.17) is 22.7 Å². The van der Waals surface area contributed by atoms with E-state index < -0.39 is 5.91 Å². The van der Waals surface area contributed by atoms with Gasteiger partial charge >= 0.3 is 0 Å². The lowest BCUT2D eigenvalue weighted by molar-refractivity contribution is 0.0995. The van der Waals surface area contributed by atoms with E-state index in [1.54, 1.807) is 10.9 Å². The Morgan fingerprint density at radius 2 is 2.00 bits per heavy atom. The third-order valence-electron chi connectivity index (χ3n) is 2.99. The van der Waals surface area contributed by atoms with Gasteiger partial charge in [-0.15, -0.1) is 0 Å². The molecule has 0 unspecified atom stereocenters. The molecule has 0 saturated heterocycles. The summed E-state index contributed by atoms with van der Waals surface area (Å²) in [7, 11) is 0. The average Bonchev–Trinajstić information content (AvgIpc) is 2.92. The highest BCUT2D eigenvalue weighted by Crippen LogP contribution is 2.17. The van der Waals surface area contributed by atoms with Crippen molar-refractivity contribution < 1.29 is 9.53 Å². The summed E-state index contributed by atoms with van der Waals surface area (Å²) in [6, 6.07) is 7.39. The second-order valence-electron chi connectivity index (χ2n) is 4.65. The normalized spacial score (nSPS) is 10.2. The lowest BCUT2D eigenvalue weighted by Crippen LogP contribution is -2.21. The van der Waals surface area contributed by atoms with Crippen molar-refractivity contribution in [3.05, 3.63) is 36.2 Å². The predicted molar refractivity (Wildman–Crippen MR) is 93.9 cm³/mol. The van der Waals surface area contributed by atoms with Gasteiger partial charge in [-0.2, -0.15) is 5.10 Å². The number of hydrogen-bond donors (Lipinski definition) is 3. The SMILES string of the molecule is CCOc1ccc(NC(=S)Nc2cn(CC)nc2C(N)=O)cc1. The number of anilines is 2. The van der Waals surface area contributed by atoms with Crippen molar-refractivity contribution >= 4 is 34.6 Å². The topological polar surface area (TPSA) is 94.2 Å².